The predicted molar refractivity (Wildman–Crippen MR) is 93.3 cm³/mol. The van der Waals surface area contributed by atoms with Gasteiger partial charge in [-0.1, -0.05) is 13.3 Å². The Hall–Kier alpha value is -1.69. The monoisotopic (exact) mass is 364 g/mol. The number of nitrogens with one attached hydrogen (secondary N) is 1. The van der Waals surface area contributed by atoms with Crippen LogP contribution in [0, 0.1) is 11.8 Å². The minimum absolute atomic E-state index is 0.132. The van der Waals surface area contributed by atoms with E-state index in [0.29, 0.717) is 12.0 Å². The lowest BCUT2D eigenvalue weighted by molar-refractivity contribution is -0.274. The number of piperidine rings is 2. The highest BCUT2D eigenvalue weighted by molar-refractivity contribution is 5.86. The number of nitrogens with zero attached hydrogens (tertiary/aromatic N) is 1. The van der Waals surface area contributed by atoms with Gasteiger partial charge < -0.3 is 9.72 Å². The third kappa shape index (κ3) is 2.53. The Bertz CT molecular complexity index is 843. The van der Waals surface area contributed by atoms with Gasteiger partial charge in [-0.15, -0.1) is 13.2 Å². The number of ether oxygens (including phenoxy) is 1. The fourth-order valence-electron chi connectivity index (χ4n) is 5.87. The molecule has 2 aromatic rings. The molecule has 0 radical (unpaired) electrons. The zero-order chi connectivity index (χ0) is 18.1. The summed E-state index contributed by atoms with van der Waals surface area (Å²) in [4.78, 5) is 6.21. The number of alkyl halides is 3. The second-order valence-electron chi connectivity index (χ2n) is 8.12. The first-order chi connectivity index (χ1) is 12.4. The Morgan fingerprint density at radius 1 is 1.27 bits per heavy atom. The van der Waals surface area contributed by atoms with E-state index in [1.165, 1.54) is 43.1 Å². The zero-order valence-corrected chi connectivity index (χ0v) is 14.8. The fourth-order valence-corrected chi connectivity index (χ4v) is 5.87. The molecular weight excluding hydrogens is 341 g/mol. The molecule has 4 bridgehead atoms. The number of benzene rings is 1. The van der Waals surface area contributed by atoms with E-state index in [2.05, 4.69) is 21.5 Å². The largest absolute Gasteiger partial charge is 0.573 e. The summed E-state index contributed by atoms with van der Waals surface area (Å²) in [6.45, 7) is 4.46. The molecule has 4 unspecified atom stereocenters. The van der Waals surface area contributed by atoms with Gasteiger partial charge in [0.15, 0.2) is 0 Å². The molecule has 4 aliphatic rings. The van der Waals surface area contributed by atoms with Gasteiger partial charge in [-0.2, -0.15) is 0 Å². The lowest BCUT2D eigenvalue weighted by Crippen LogP contribution is -2.56. The summed E-state index contributed by atoms with van der Waals surface area (Å²) in [5, 5.41) is 0.888. The van der Waals surface area contributed by atoms with E-state index in [0.717, 1.165) is 35.7 Å². The highest BCUT2D eigenvalue weighted by Gasteiger charge is 2.48. The van der Waals surface area contributed by atoms with Crippen LogP contribution in [0.2, 0.25) is 0 Å². The quantitative estimate of drug-likeness (QED) is 0.827. The van der Waals surface area contributed by atoms with Gasteiger partial charge in [0, 0.05) is 41.6 Å². The third-order valence-corrected chi connectivity index (χ3v) is 6.72. The number of hydrogen-bond acceptors (Lipinski definition) is 2. The van der Waals surface area contributed by atoms with Crippen LogP contribution in [0.1, 0.15) is 43.4 Å². The van der Waals surface area contributed by atoms with Crippen molar-refractivity contribution in [3.63, 3.8) is 0 Å². The highest BCUT2D eigenvalue weighted by atomic mass is 19.4. The molecule has 6 rings (SSSR count). The lowest BCUT2D eigenvalue weighted by atomic mass is 9.65. The summed E-state index contributed by atoms with van der Waals surface area (Å²) in [6, 6.07) is 5.25. The number of halogens is 3. The van der Waals surface area contributed by atoms with Crippen LogP contribution in [0.5, 0.6) is 5.75 Å². The second kappa shape index (κ2) is 5.65. The summed E-state index contributed by atoms with van der Waals surface area (Å²) in [5.74, 6) is 1.82. The predicted octanol–water partition coefficient (Wildman–Crippen LogP) is 4.83. The van der Waals surface area contributed by atoms with Crippen molar-refractivity contribution in [2.45, 2.75) is 50.9 Å². The van der Waals surface area contributed by atoms with Gasteiger partial charge in [0.25, 0.3) is 0 Å². The topological polar surface area (TPSA) is 28.3 Å². The van der Waals surface area contributed by atoms with E-state index in [9.17, 15) is 13.2 Å². The molecule has 5 atom stereocenters. The summed E-state index contributed by atoms with van der Waals surface area (Å²) in [7, 11) is 0. The van der Waals surface area contributed by atoms with E-state index in [-0.39, 0.29) is 5.75 Å². The van der Waals surface area contributed by atoms with Crippen LogP contribution in [0.15, 0.2) is 18.2 Å². The van der Waals surface area contributed by atoms with Crippen LogP contribution in [-0.2, 0) is 6.42 Å². The number of rotatable bonds is 2. The average molecular weight is 364 g/mol. The molecule has 0 amide bonds. The second-order valence-corrected chi connectivity index (χ2v) is 8.12. The van der Waals surface area contributed by atoms with Crippen molar-refractivity contribution in [3.05, 3.63) is 29.5 Å². The number of aromatic nitrogens is 1. The summed E-state index contributed by atoms with van der Waals surface area (Å²) in [6.07, 6.45) is -0.0400. The van der Waals surface area contributed by atoms with E-state index < -0.39 is 6.36 Å². The molecule has 3 aliphatic heterocycles. The maximum atomic E-state index is 12.6. The first kappa shape index (κ1) is 16.5. The molecule has 2 saturated heterocycles. The maximum absolute atomic E-state index is 12.6. The van der Waals surface area contributed by atoms with E-state index in [1.54, 1.807) is 12.1 Å². The number of fused-ring (bicyclic) bond motifs is 4. The highest BCUT2D eigenvalue weighted by Crippen LogP contribution is 2.51. The van der Waals surface area contributed by atoms with Gasteiger partial charge >= 0.3 is 6.36 Å². The van der Waals surface area contributed by atoms with Crippen molar-refractivity contribution >= 4 is 10.9 Å². The van der Waals surface area contributed by atoms with Crippen molar-refractivity contribution in [3.8, 4) is 5.75 Å². The first-order valence-electron chi connectivity index (χ1n) is 9.57. The van der Waals surface area contributed by atoms with Crippen LogP contribution in [-0.4, -0.2) is 35.4 Å². The van der Waals surface area contributed by atoms with Crippen LogP contribution in [0.25, 0.3) is 10.9 Å². The zero-order valence-electron chi connectivity index (χ0n) is 14.8. The molecule has 0 spiro atoms. The smallest absolute Gasteiger partial charge is 0.406 e. The minimum atomic E-state index is -4.66. The Morgan fingerprint density at radius 2 is 2.12 bits per heavy atom. The van der Waals surface area contributed by atoms with Gasteiger partial charge in [0.1, 0.15) is 5.75 Å². The molecule has 140 valence electrons. The molecule has 6 heteroatoms. The number of hydrogen-bond donors (Lipinski definition) is 1. The summed E-state index contributed by atoms with van der Waals surface area (Å²) in [5.41, 5.74) is 3.38. The van der Waals surface area contributed by atoms with Gasteiger partial charge in [0.05, 0.1) is 0 Å². The van der Waals surface area contributed by atoms with Crippen LogP contribution >= 0.6 is 0 Å². The van der Waals surface area contributed by atoms with Crippen LogP contribution in [0.4, 0.5) is 13.2 Å². The molecule has 4 heterocycles. The normalized spacial score (nSPS) is 33.2. The van der Waals surface area contributed by atoms with Crippen molar-refractivity contribution in [2.75, 3.05) is 13.1 Å². The Morgan fingerprint density at radius 3 is 2.88 bits per heavy atom. The lowest BCUT2D eigenvalue weighted by Gasteiger charge is -2.53. The molecular formula is C20H23F3N2O. The first-order valence-corrected chi connectivity index (χ1v) is 9.57. The Kier molecular flexibility index (Phi) is 3.58. The van der Waals surface area contributed by atoms with E-state index in [4.69, 9.17) is 0 Å². The summed E-state index contributed by atoms with van der Waals surface area (Å²) >= 11 is 0. The maximum Gasteiger partial charge on any atom is 0.573 e. The third-order valence-electron chi connectivity index (χ3n) is 6.72. The van der Waals surface area contributed by atoms with Crippen molar-refractivity contribution in [1.82, 2.24) is 9.88 Å². The Labute approximate surface area is 150 Å². The molecule has 3 fully saturated rings. The molecule has 3 nitrogen and oxygen atoms in total. The number of H-pyrrole nitrogens is 1. The van der Waals surface area contributed by atoms with Gasteiger partial charge in [-0.3, -0.25) is 4.90 Å². The van der Waals surface area contributed by atoms with Gasteiger partial charge in [-0.05, 0) is 54.9 Å². The fraction of sp³-hybridized carbons (Fsp3) is 0.600. The molecule has 26 heavy (non-hydrogen) atoms. The molecule has 1 saturated carbocycles. The standard InChI is InChI=1S/C20H23F3N2O/c1-2-12-7-11-8-16-18-14(5-6-25(10-11)19(12)16)15-9-13(26-20(21,22)23)3-4-17(15)24-18/h3-4,9,11-12,16,19,24H,2,5-8,10H2,1H3/t11-,12?,16?,19?/m0/s1. The van der Waals surface area contributed by atoms with E-state index in [1.807, 2.05) is 0 Å². The number of aromatic amines is 1. The van der Waals surface area contributed by atoms with Crippen molar-refractivity contribution in [2.24, 2.45) is 11.8 Å². The molecule has 1 N–H and O–H groups in total. The van der Waals surface area contributed by atoms with Crippen molar-refractivity contribution in [1.29, 1.82) is 0 Å². The SMILES string of the molecule is CCC1C[C@H]2CC3c4[nH]c5ccc(OC(F)(F)F)cc5c4CCN(C2)C13. The molecule has 1 aliphatic carbocycles. The van der Waals surface area contributed by atoms with Gasteiger partial charge in [0.2, 0.25) is 0 Å². The molecule has 1 aromatic carbocycles. The minimum Gasteiger partial charge on any atom is -0.406 e. The van der Waals surface area contributed by atoms with Crippen molar-refractivity contribution < 1.29 is 17.9 Å². The molecule has 1 aromatic heterocycles. The Balaban J connectivity index is 1.59. The van der Waals surface area contributed by atoms with Crippen LogP contribution in [0.3, 0.4) is 0 Å². The summed E-state index contributed by atoms with van der Waals surface area (Å²) < 4.78 is 41.9. The average Bonchev–Trinajstić information content (AvgIpc) is 2.91. The van der Waals surface area contributed by atoms with Gasteiger partial charge in [-0.25, -0.2) is 0 Å². The van der Waals surface area contributed by atoms with E-state index >= 15 is 0 Å². The van der Waals surface area contributed by atoms with Crippen LogP contribution < -0.4 is 4.74 Å².